The second kappa shape index (κ2) is 11.3. The Hall–Kier alpha value is -3.70. The summed E-state index contributed by atoms with van der Waals surface area (Å²) in [5.41, 5.74) is 15.4. The highest BCUT2D eigenvalue weighted by atomic mass is 16.2. The van der Waals surface area contributed by atoms with E-state index in [1.54, 1.807) is 12.4 Å². The second-order valence-electron chi connectivity index (χ2n) is 13.6. The fraction of sp³-hybridized carbons (Fsp3) is 0.389. The van der Waals surface area contributed by atoms with Crippen LogP contribution in [0.5, 0.6) is 0 Å². The first-order valence-corrected chi connectivity index (χ1v) is 14.8. The highest BCUT2D eigenvalue weighted by Crippen LogP contribution is 2.35. The van der Waals surface area contributed by atoms with Gasteiger partial charge >= 0.3 is 6.03 Å². The molecule has 0 aliphatic heterocycles. The standard InChI is InChI=1S/C23H25N3O.C13H19N/c1-23(2,3)17-8-9-18-15(13-17)7-10-21(18)26-22(27)25-20-6-4-5-16-14-24-12-11-19(16)20;1-13(2,3)10-5-6-11-9(8-10)4-7-12(11)14/h4-6,8-9,11-14,21H,7,10H2,1-3H3,(H2,25,26,27);5-6,8,12H,4,7,14H2,1-3H3. The molecular formula is C36H44N4O. The van der Waals surface area contributed by atoms with E-state index in [1.165, 1.54) is 33.4 Å². The lowest BCUT2D eigenvalue weighted by Gasteiger charge is -2.21. The van der Waals surface area contributed by atoms with Crippen LogP contribution in [0, 0.1) is 0 Å². The van der Waals surface area contributed by atoms with Gasteiger partial charge in [0, 0.05) is 29.2 Å². The van der Waals surface area contributed by atoms with Gasteiger partial charge in [-0.05, 0) is 82.0 Å². The monoisotopic (exact) mass is 548 g/mol. The van der Waals surface area contributed by atoms with Gasteiger partial charge in [0.2, 0.25) is 0 Å². The second-order valence-corrected chi connectivity index (χ2v) is 13.6. The number of anilines is 1. The number of carbonyl (C=O) groups is 1. The van der Waals surface area contributed by atoms with Crippen molar-refractivity contribution in [2.24, 2.45) is 5.73 Å². The zero-order valence-corrected chi connectivity index (χ0v) is 25.3. The van der Waals surface area contributed by atoms with E-state index in [0.717, 1.165) is 42.1 Å². The van der Waals surface area contributed by atoms with E-state index >= 15 is 0 Å². The third kappa shape index (κ3) is 6.46. The number of rotatable bonds is 2. The number of nitrogens with two attached hydrogens (primary N) is 1. The predicted octanol–water partition coefficient (Wildman–Crippen LogP) is 8.27. The number of aryl methyl sites for hydroxylation is 2. The Morgan fingerprint density at radius 2 is 1.46 bits per heavy atom. The van der Waals surface area contributed by atoms with E-state index in [1.807, 2.05) is 24.3 Å². The van der Waals surface area contributed by atoms with Crippen LogP contribution < -0.4 is 16.4 Å². The smallest absolute Gasteiger partial charge is 0.319 e. The van der Waals surface area contributed by atoms with E-state index in [4.69, 9.17) is 5.73 Å². The average molecular weight is 549 g/mol. The summed E-state index contributed by atoms with van der Waals surface area (Å²) in [7, 11) is 0. The molecule has 2 unspecified atom stereocenters. The maximum Gasteiger partial charge on any atom is 0.319 e. The van der Waals surface area contributed by atoms with Crippen LogP contribution in [0.4, 0.5) is 10.5 Å². The van der Waals surface area contributed by atoms with Gasteiger partial charge < -0.3 is 16.4 Å². The first-order chi connectivity index (χ1) is 19.4. The number of amides is 2. The van der Waals surface area contributed by atoms with E-state index in [-0.39, 0.29) is 28.9 Å². The molecule has 41 heavy (non-hydrogen) atoms. The molecule has 2 atom stereocenters. The molecule has 4 N–H and O–H groups in total. The van der Waals surface area contributed by atoms with Crippen molar-refractivity contribution in [2.75, 3.05) is 5.32 Å². The minimum Gasteiger partial charge on any atom is -0.331 e. The average Bonchev–Trinajstić information content (AvgIpc) is 3.50. The van der Waals surface area contributed by atoms with Crippen LogP contribution in [0.1, 0.15) is 99.8 Å². The Morgan fingerprint density at radius 3 is 2.15 bits per heavy atom. The van der Waals surface area contributed by atoms with E-state index in [9.17, 15) is 4.79 Å². The largest absolute Gasteiger partial charge is 0.331 e. The molecule has 6 rings (SSSR count). The summed E-state index contributed by atoms with van der Waals surface area (Å²) in [6.07, 6.45) is 7.76. The molecule has 214 valence electrons. The zero-order chi connectivity index (χ0) is 29.4. The molecule has 1 heterocycles. The summed E-state index contributed by atoms with van der Waals surface area (Å²) >= 11 is 0. The summed E-state index contributed by atoms with van der Waals surface area (Å²) in [6, 6.07) is 21.4. The van der Waals surface area contributed by atoms with E-state index < -0.39 is 0 Å². The fourth-order valence-corrected chi connectivity index (χ4v) is 5.90. The highest BCUT2D eigenvalue weighted by molar-refractivity contribution is 6.01. The molecule has 0 saturated heterocycles. The molecular weight excluding hydrogens is 504 g/mol. The zero-order valence-electron chi connectivity index (χ0n) is 25.3. The topological polar surface area (TPSA) is 80.0 Å². The van der Waals surface area contributed by atoms with Gasteiger partial charge in [0.05, 0.1) is 11.7 Å². The number of hydrogen-bond donors (Lipinski definition) is 3. The van der Waals surface area contributed by atoms with E-state index in [0.29, 0.717) is 0 Å². The summed E-state index contributed by atoms with van der Waals surface area (Å²) in [5, 5.41) is 8.14. The van der Waals surface area contributed by atoms with Crippen molar-refractivity contribution in [3.63, 3.8) is 0 Å². The number of hydrogen-bond acceptors (Lipinski definition) is 3. The summed E-state index contributed by atoms with van der Waals surface area (Å²) in [4.78, 5) is 16.7. The number of pyridine rings is 1. The third-order valence-corrected chi connectivity index (χ3v) is 8.45. The van der Waals surface area contributed by atoms with Gasteiger partial charge in [-0.3, -0.25) is 4.98 Å². The SMILES string of the molecule is CC(C)(C)c1ccc2c(c1)CCC2N.CC(C)(C)c1ccc2c(c1)CCC2NC(=O)Nc1cccc2cnccc12. The molecule has 2 aliphatic carbocycles. The van der Waals surface area contributed by atoms with Crippen LogP contribution in [0.3, 0.4) is 0 Å². The molecule has 0 fully saturated rings. The normalized spacial score (nSPS) is 17.8. The maximum absolute atomic E-state index is 12.6. The lowest BCUT2D eigenvalue weighted by molar-refractivity contribution is 0.248. The first-order valence-electron chi connectivity index (χ1n) is 14.8. The van der Waals surface area contributed by atoms with Gasteiger partial charge in [0.15, 0.2) is 0 Å². The van der Waals surface area contributed by atoms with Gasteiger partial charge in [-0.15, -0.1) is 0 Å². The van der Waals surface area contributed by atoms with Crippen LogP contribution >= 0.6 is 0 Å². The van der Waals surface area contributed by atoms with Crippen molar-refractivity contribution in [3.05, 3.63) is 106 Å². The summed E-state index contributed by atoms with van der Waals surface area (Å²) < 4.78 is 0. The van der Waals surface area contributed by atoms with Crippen LogP contribution in [-0.2, 0) is 23.7 Å². The summed E-state index contributed by atoms with van der Waals surface area (Å²) in [6.45, 7) is 13.4. The molecule has 0 saturated carbocycles. The number of nitrogens with one attached hydrogen (secondary N) is 2. The van der Waals surface area contributed by atoms with Crippen LogP contribution in [0.15, 0.2) is 73.1 Å². The molecule has 5 heteroatoms. The Bertz CT molecular complexity index is 1560. The summed E-state index contributed by atoms with van der Waals surface area (Å²) in [5.74, 6) is 0. The van der Waals surface area contributed by atoms with Gasteiger partial charge in [-0.25, -0.2) is 4.79 Å². The molecule has 0 spiro atoms. The molecule has 1 aromatic heterocycles. The van der Waals surface area contributed by atoms with Gasteiger partial charge in [-0.1, -0.05) is 90.1 Å². The fourth-order valence-electron chi connectivity index (χ4n) is 5.90. The molecule has 4 aromatic rings. The number of carbonyl (C=O) groups excluding carboxylic acids is 1. The Morgan fingerprint density at radius 1 is 0.829 bits per heavy atom. The van der Waals surface area contributed by atoms with Crippen molar-refractivity contribution in [1.29, 1.82) is 0 Å². The lowest BCUT2D eigenvalue weighted by Crippen LogP contribution is -2.31. The van der Waals surface area contributed by atoms with Crippen molar-refractivity contribution in [2.45, 2.75) is 90.1 Å². The Labute approximate surface area is 245 Å². The van der Waals surface area contributed by atoms with Crippen LogP contribution in [0.2, 0.25) is 0 Å². The van der Waals surface area contributed by atoms with Gasteiger partial charge in [0.25, 0.3) is 0 Å². The molecule has 2 amide bonds. The van der Waals surface area contributed by atoms with Gasteiger partial charge in [0.1, 0.15) is 0 Å². The Kier molecular flexibility index (Phi) is 7.93. The van der Waals surface area contributed by atoms with Crippen molar-refractivity contribution >= 4 is 22.5 Å². The number of aromatic nitrogens is 1. The van der Waals surface area contributed by atoms with Crippen molar-refractivity contribution in [3.8, 4) is 0 Å². The van der Waals surface area contributed by atoms with Crippen LogP contribution in [-0.4, -0.2) is 11.0 Å². The number of benzene rings is 3. The number of urea groups is 1. The quantitative estimate of drug-likeness (QED) is 0.236. The first kappa shape index (κ1) is 28.8. The third-order valence-electron chi connectivity index (χ3n) is 8.45. The van der Waals surface area contributed by atoms with E-state index in [2.05, 4.69) is 93.6 Å². The molecule has 0 bridgehead atoms. The van der Waals surface area contributed by atoms with Crippen LogP contribution in [0.25, 0.3) is 10.8 Å². The molecule has 2 aliphatic rings. The highest BCUT2D eigenvalue weighted by Gasteiger charge is 2.26. The molecule has 3 aromatic carbocycles. The minimum absolute atomic E-state index is 0.0608. The predicted molar refractivity (Wildman–Crippen MR) is 170 cm³/mol. The molecule has 5 nitrogen and oxygen atoms in total. The molecule has 0 radical (unpaired) electrons. The number of fused-ring (bicyclic) bond motifs is 3. The lowest BCUT2D eigenvalue weighted by atomic mass is 9.85. The minimum atomic E-state index is -0.169. The maximum atomic E-state index is 12.6. The van der Waals surface area contributed by atoms with Crippen molar-refractivity contribution in [1.82, 2.24) is 10.3 Å². The Balaban J connectivity index is 0.000000202. The number of nitrogens with zero attached hydrogens (tertiary/aromatic N) is 1. The van der Waals surface area contributed by atoms with Crippen molar-refractivity contribution < 1.29 is 4.79 Å². The van der Waals surface area contributed by atoms with Gasteiger partial charge in [-0.2, -0.15) is 0 Å².